The van der Waals surface area contributed by atoms with Gasteiger partial charge in [-0.15, -0.1) is 0 Å². The monoisotopic (exact) mass is 245 g/mol. The number of anilines is 2. The molecule has 0 bridgehead atoms. The van der Waals surface area contributed by atoms with E-state index in [0.717, 1.165) is 12.1 Å². The van der Waals surface area contributed by atoms with Crippen molar-refractivity contribution < 1.29 is 4.79 Å². The molecule has 3 N–H and O–H groups in total. The molecule has 0 saturated heterocycles. The quantitative estimate of drug-likeness (QED) is 0.798. The molecule has 0 aliphatic heterocycles. The maximum absolute atomic E-state index is 12.3. The molecule has 0 aliphatic rings. The molecule has 0 fully saturated rings. The number of nitrogens with one attached hydrogen (secondary N) is 1. The molecule has 0 spiro atoms. The number of benzene rings is 1. The molecule has 6 heteroatoms. The molecule has 1 aromatic carbocycles. The standard InChI is InChI=1S/C12H15N5O/c1-2-7-17(10-5-3-9(13)4-6-10)12(18)11-8-14-16-15-11/h3-6,8H,2,7,13H2,1H3,(H,14,15,16). The van der Waals surface area contributed by atoms with Crippen LogP contribution < -0.4 is 10.6 Å². The van der Waals surface area contributed by atoms with Crippen molar-refractivity contribution in [2.45, 2.75) is 13.3 Å². The number of hydrogen-bond donors (Lipinski definition) is 2. The lowest BCUT2D eigenvalue weighted by atomic mass is 10.2. The summed E-state index contributed by atoms with van der Waals surface area (Å²) in [7, 11) is 0. The highest BCUT2D eigenvalue weighted by atomic mass is 16.2. The molecule has 2 aromatic rings. The number of H-pyrrole nitrogens is 1. The maximum atomic E-state index is 12.3. The van der Waals surface area contributed by atoms with Gasteiger partial charge in [0, 0.05) is 17.9 Å². The number of nitrogen functional groups attached to an aromatic ring is 1. The van der Waals surface area contributed by atoms with Crippen molar-refractivity contribution in [3.8, 4) is 0 Å². The Labute approximate surface area is 105 Å². The second kappa shape index (κ2) is 5.31. The number of aromatic amines is 1. The molecule has 18 heavy (non-hydrogen) atoms. The normalized spacial score (nSPS) is 10.3. The molecule has 0 aliphatic carbocycles. The van der Waals surface area contributed by atoms with E-state index in [1.165, 1.54) is 6.20 Å². The zero-order chi connectivity index (χ0) is 13.0. The number of aromatic nitrogens is 3. The van der Waals surface area contributed by atoms with Crippen LogP contribution in [0.4, 0.5) is 11.4 Å². The van der Waals surface area contributed by atoms with Crippen LogP contribution >= 0.6 is 0 Å². The number of rotatable bonds is 4. The van der Waals surface area contributed by atoms with Crippen LogP contribution in [0.3, 0.4) is 0 Å². The Kier molecular flexibility index (Phi) is 3.57. The Morgan fingerprint density at radius 2 is 2.11 bits per heavy atom. The summed E-state index contributed by atoms with van der Waals surface area (Å²) in [6.45, 7) is 2.63. The third-order valence-corrected chi connectivity index (χ3v) is 2.53. The van der Waals surface area contributed by atoms with Crippen molar-refractivity contribution in [1.29, 1.82) is 0 Å². The zero-order valence-corrected chi connectivity index (χ0v) is 10.1. The molecule has 1 aromatic heterocycles. The van der Waals surface area contributed by atoms with Crippen LogP contribution in [0.2, 0.25) is 0 Å². The highest BCUT2D eigenvalue weighted by Crippen LogP contribution is 2.18. The fraction of sp³-hybridized carbons (Fsp3) is 0.250. The average molecular weight is 245 g/mol. The molecule has 0 unspecified atom stereocenters. The molecule has 1 amide bonds. The van der Waals surface area contributed by atoms with Gasteiger partial charge in [0.05, 0.1) is 6.20 Å². The molecule has 94 valence electrons. The first-order valence-electron chi connectivity index (χ1n) is 5.75. The third kappa shape index (κ3) is 2.48. The zero-order valence-electron chi connectivity index (χ0n) is 10.1. The minimum Gasteiger partial charge on any atom is -0.399 e. The van der Waals surface area contributed by atoms with Crippen LogP contribution in [0.1, 0.15) is 23.8 Å². The third-order valence-electron chi connectivity index (χ3n) is 2.53. The van der Waals surface area contributed by atoms with Crippen LogP contribution in [-0.4, -0.2) is 27.9 Å². The van der Waals surface area contributed by atoms with Gasteiger partial charge in [-0.25, -0.2) is 0 Å². The van der Waals surface area contributed by atoms with Gasteiger partial charge >= 0.3 is 0 Å². The van der Waals surface area contributed by atoms with Gasteiger partial charge in [-0.2, -0.15) is 15.4 Å². The summed E-state index contributed by atoms with van der Waals surface area (Å²) in [6.07, 6.45) is 2.27. The Hall–Kier alpha value is -2.37. The highest BCUT2D eigenvalue weighted by Gasteiger charge is 2.18. The van der Waals surface area contributed by atoms with Gasteiger partial charge in [0.2, 0.25) is 0 Å². The van der Waals surface area contributed by atoms with Crippen molar-refractivity contribution in [2.24, 2.45) is 0 Å². The Bertz CT molecular complexity index is 506. The molecule has 0 saturated carbocycles. The maximum Gasteiger partial charge on any atom is 0.280 e. The minimum atomic E-state index is -0.171. The van der Waals surface area contributed by atoms with E-state index in [-0.39, 0.29) is 5.91 Å². The predicted molar refractivity (Wildman–Crippen MR) is 69.2 cm³/mol. The summed E-state index contributed by atoms with van der Waals surface area (Å²) in [5.41, 5.74) is 7.42. The van der Waals surface area contributed by atoms with Crippen molar-refractivity contribution in [3.05, 3.63) is 36.2 Å². The first-order chi connectivity index (χ1) is 8.72. The van der Waals surface area contributed by atoms with Gasteiger partial charge in [0.25, 0.3) is 5.91 Å². The van der Waals surface area contributed by atoms with E-state index in [4.69, 9.17) is 5.73 Å². The highest BCUT2D eigenvalue weighted by molar-refractivity contribution is 6.04. The predicted octanol–water partition coefficient (Wildman–Crippen LogP) is 1.44. The van der Waals surface area contributed by atoms with E-state index in [2.05, 4.69) is 15.4 Å². The first kappa shape index (κ1) is 12.1. The lowest BCUT2D eigenvalue weighted by Gasteiger charge is -2.21. The Morgan fingerprint density at radius 3 is 2.67 bits per heavy atom. The molecule has 0 radical (unpaired) electrons. The van der Waals surface area contributed by atoms with Gasteiger partial charge in [0.1, 0.15) is 0 Å². The van der Waals surface area contributed by atoms with E-state index in [0.29, 0.717) is 17.9 Å². The largest absolute Gasteiger partial charge is 0.399 e. The van der Waals surface area contributed by atoms with E-state index in [9.17, 15) is 4.79 Å². The number of carbonyl (C=O) groups is 1. The summed E-state index contributed by atoms with van der Waals surface area (Å²) in [5.74, 6) is -0.171. The number of amides is 1. The van der Waals surface area contributed by atoms with Crippen molar-refractivity contribution in [2.75, 3.05) is 17.2 Å². The number of carbonyl (C=O) groups excluding carboxylic acids is 1. The molecular formula is C12H15N5O. The fourth-order valence-electron chi connectivity index (χ4n) is 1.67. The number of nitrogens with two attached hydrogens (primary N) is 1. The summed E-state index contributed by atoms with van der Waals surface area (Å²) >= 11 is 0. The summed E-state index contributed by atoms with van der Waals surface area (Å²) in [4.78, 5) is 13.9. The fourth-order valence-corrected chi connectivity index (χ4v) is 1.67. The second-order valence-corrected chi connectivity index (χ2v) is 3.90. The average Bonchev–Trinajstić information content (AvgIpc) is 2.90. The molecular weight excluding hydrogens is 230 g/mol. The molecule has 0 atom stereocenters. The smallest absolute Gasteiger partial charge is 0.280 e. The van der Waals surface area contributed by atoms with Crippen molar-refractivity contribution >= 4 is 17.3 Å². The first-order valence-corrected chi connectivity index (χ1v) is 5.75. The number of hydrogen-bond acceptors (Lipinski definition) is 4. The van der Waals surface area contributed by atoms with Gasteiger partial charge in [-0.05, 0) is 30.7 Å². The SMILES string of the molecule is CCCN(C(=O)c1cn[nH]n1)c1ccc(N)cc1. The van der Waals surface area contributed by atoms with E-state index in [1.807, 2.05) is 19.1 Å². The van der Waals surface area contributed by atoms with Crippen LogP contribution in [0.25, 0.3) is 0 Å². The molecule has 1 heterocycles. The van der Waals surface area contributed by atoms with Crippen LogP contribution in [-0.2, 0) is 0 Å². The molecule has 2 rings (SSSR count). The van der Waals surface area contributed by atoms with Crippen molar-refractivity contribution in [1.82, 2.24) is 15.4 Å². The van der Waals surface area contributed by atoms with E-state index < -0.39 is 0 Å². The van der Waals surface area contributed by atoms with Gasteiger partial charge in [0.15, 0.2) is 5.69 Å². The Morgan fingerprint density at radius 1 is 1.39 bits per heavy atom. The van der Waals surface area contributed by atoms with Gasteiger partial charge < -0.3 is 10.6 Å². The van der Waals surface area contributed by atoms with Crippen LogP contribution in [0, 0.1) is 0 Å². The minimum absolute atomic E-state index is 0.171. The molecule has 6 nitrogen and oxygen atoms in total. The van der Waals surface area contributed by atoms with Crippen LogP contribution in [0.15, 0.2) is 30.5 Å². The summed E-state index contributed by atoms with van der Waals surface area (Å²) in [5, 5.41) is 9.90. The summed E-state index contributed by atoms with van der Waals surface area (Å²) in [6, 6.07) is 7.19. The van der Waals surface area contributed by atoms with E-state index >= 15 is 0 Å². The summed E-state index contributed by atoms with van der Waals surface area (Å²) < 4.78 is 0. The van der Waals surface area contributed by atoms with Gasteiger partial charge in [-0.1, -0.05) is 6.92 Å². The van der Waals surface area contributed by atoms with Crippen molar-refractivity contribution in [3.63, 3.8) is 0 Å². The van der Waals surface area contributed by atoms with E-state index in [1.54, 1.807) is 17.0 Å². The Balaban J connectivity index is 2.28. The number of nitrogens with zero attached hydrogens (tertiary/aromatic N) is 3. The lowest BCUT2D eigenvalue weighted by molar-refractivity contribution is 0.0982. The second-order valence-electron chi connectivity index (χ2n) is 3.90. The lowest BCUT2D eigenvalue weighted by Crippen LogP contribution is -2.31. The van der Waals surface area contributed by atoms with Gasteiger partial charge in [-0.3, -0.25) is 4.79 Å². The van der Waals surface area contributed by atoms with Crippen LogP contribution in [0.5, 0.6) is 0 Å². The topological polar surface area (TPSA) is 87.9 Å².